The van der Waals surface area contributed by atoms with E-state index in [0.717, 1.165) is 37.2 Å². The molecule has 0 saturated carbocycles. The van der Waals surface area contributed by atoms with E-state index in [2.05, 4.69) is 26.7 Å². The number of nitrogens with zero attached hydrogens (tertiary/aromatic N) is 4. The van der Waals surface area contributed by atoms with Crippen LogP contribution in [0.25, 0.3) is 0 Å². The Kier molecular flexibility index (Phi) is 5.11. The zero-order valence-electron chi connectivity index (χ0n) is 14.8. The van der Waals surface area contributed by atoms with E-state index >= 15 is 0 Å². The first-order valence-corrected chi connectivity index (χ1v) is 9.19. The summed E-state index contributed by atoms with van der Waals surface area (Å²) in [6.07, 6.45) is 13.2. The molecule has 0 radical (unpaired) electrons. The molecule has 0 aromatic carbocycles. The second-order valence-electron chi connectivity index (χ2n) is 7.13. The SMILES string of the molecule is O=C(C1CC=CC1)N1Cc2cncn2CC(COCc2ccncc2)C1. The highest BCUT2D eigenvalue weighted by atomic mass is 16.5. The van der Waals surface area contributed by atoms with Crippen molar-refractivity contribution in [3.05, 3.63) is 60.5 Å². The van der Waals surface area contributed by atoms with E-state index in [1.54, 1.807) is 12.4 Å². The summed E-state index contributed by atoms with van der Waals surface area (Å²) >= 11 is 0. The van der Waals surface area contributed by atoms with Gasteiger partial charge in [-0.3, -0.25) is 9.78 Å². The van der Waals surface area contributed by atoms with Gasteiger partial charge in [0.25, 0.3) is 0 Å². The molecule has 2 aromatic heterocycles. The van der Waals surface area contributed by atoms with Crippen LogP contribution in [0.5, 0.6) is 0 Å². The van der Waals surface area contributed by atoms with Crippen molar-refractivity contribution < 1.29 is 9.53 Å². The standard InChI is InChI=1S/C20H24N4O2/c25-20(18-3-1-2-4-18)23-10-17(11-24-15-22-9-19(24)12-23)14-26-13-16-5-7-21-8-6-16/h1-2,5-9,15,17-18H,3-4,10-14H2. The topological polar surface area (TPSA) is 60.2 Å². The molecule has 4 rings (SSSR count). The molecule has 1 amide bonds. The Balaban J connectivity index is 1.41. The quantitative estimate of drug-likeness (QED) is 0.776. The highest BCUT2D eigenvalue weighted by Crippen LogP contribution is 2.24. The number of imidazole rings is 1. The monoisotopic (exact) mass is 352 g/mol. The molecule has 1 unspecified atom stereocenters. The maximum atomic E-state index is 12.9. The molecule has 136 valence electrons. The fourth-order valence-electron chi connectivity index (χ4n) is 3.72. The minimum atomic E-state index is 0.0999. The van der Waals surface area contributed by atoms with Crippen LogP contribution in [-0.4, -0.2) is 38.5 Å². The number of amides is 1. The molecule has 6 nitrogen and oxygen atoms in total. The van der Waals surface area contributed by atoms with Crippen LogP contribution in [0.2, 0.25) is 0 Å². The van der Waals surface area contributed by atoms with Gasteiger partial charge in [-0.25, -0.2) is 4.98 Å². The van der Waals surface area contributed by atoms with Gasteiger partial charge in [-0.2, -0.15) is 0 Å². The van der Waals surface area contributed by atoms with Gasteiger partial charge in [-0.05, 0) is 30.5 Å². The van der Waals surface area contributed by atoms with Gasteiger partial charge in [0.1, 0.15) is 0 Å². The van der Waals surface area contributed by atoms with Gasteiger partial charge in [-0.1, -0.05) is 12.2 Å². The Morgan fingerprint density at radius 2 is 1.96 bits per heavy atom. The highest BCUT2D eigenvalue weighted by Gasteiger charge is 2.30. The summed E-state index contributed by atoms with van der Waals surface area (Å²) < 4.78 is 8.10. The lowest BCUT2D eigenvalue weighted by molar-refractivity contribution is -0.136. The lowest BCUT2D eigenvalue weighted by Crippen LogP contribution is -2.38. The number of fused-ring (bicyclic) bond motifs is 1. The van der Waals surface area contributed by atoms with Crippen LogP contribution in [0.3, 0.4) is 0 Å². The van der Waals surface area contributed by atoms with Crippen LogP contribution in [0, 0.1) is 11.8 Å². The fraction of sp³-hybridized carbons (Fsp3) is 0.450. The summed E-state index contributed by atoms with van der Waals surface area (Å²) in [6, 6.07) is 3.92. The molecule has 26 heavy (non-hydrogen) atoms. The Morgan fingerprint density at radius 1 is 1.15 bits per heavy atom. The zero-order chi connectivity index (χ0) is 17.8. The smallest absolute Gasteiger partial charge is 0.226 e. The molecule has 0 fully saturated rings. The molecule has 0 spiro atoms. The molecular formula is C20H24N4O2. The van der Waals surface area contributed by atoms with Gasteiger partial charge < -0.3 is 14.2 Å². The minimum absolute atomic E-state index is 0.0999. The number of rotatable bonds is 5. The summed E-state index contributed by atoms with van der Waals surface area (Å²) in [6.45, 7) is 3.38. The van der Waals surface area contributed by atoms with E-state index in [0.29, 0.717) is 19.8 Å². The first-order valence-electron chi connectivity index (χ1n) is 9.19. The third-order valence-corrected chi connectivity index (χ3v) is 5.13. The second-order valence-corrected chi connectivity index (χ2v) is 7.13. The number of allylic oxidation sites excluding steroid dienone is 2. The van der Waals surface area contributed by atoms with Crippen molar-refractivity contribution in [2.24, 2.45) is 11.8 Å². The van der Waals surface area contributed by atoms with Crippen LogP contribution in [0.15, 0.2) is 49.2 Å². The van der Waals surface area contributed by atoms with E-state index in [-0.39, 0.29) is 17.7 Å². The molecule has 3 heterocycles. The third-order valence-electron chi connectivity index (χ3n) is 5.13. The fourth-order valence-corrected chi connectivity index (χ4v) is 3.72. The van der Waals surface area contributed by atoms with Crippen molar-refractivity contribution in [1.29, 1.82) is 0 Å². The second kappa shape index (κ2) is 7.83. The van der Waals surface area contributed by atoms with Crippen molar-refractivity contribution in [1.82, 2.24) is 19.4 Å². The Morgan fingerprint density at radius 3 is 2.77 bits per heavy atom. The minimum Gasteiger partial charge on any atom is -0.376 e. The van der Waals surface area contributed by atoms with Crippen LogP contribution in [0.1, 0.15) is 24.1 Å². The van der Waals surface area contributed by atoms with Crippen molar-refractivity contribution in [2.45, 2.75) is 32.5 Å². The van der Waals surface area contributed by atoms with Crippen molar-refractivity contribution >= 4 is 5.91 Å². The number of ether oxygens (including phenoxy) is 1. The average Bonchev–Trinajstić information content (AvgIpc) is 3.31. The van der Waals surface area contributed by atoms with Crippen LogP contribution < -0.4 is 0 Å². The zero-order valence-corrected chi connectivity index (χ0v) is 14.8. The summed E-state index contributed by atoms with van der Waals surface area (Å²) in [5, 5.41) is 0. The van der Waals surface area contributed by atoms with Gasteiger partial charge in [-0.15, -0.1) is 0 Å². The molecule has 1 atom stereocenters. The summed E-state index contributed by atoms with van der Waals surface area (Å²) in [4.78, 5) is 23.2. The van der Waals surface area contributed by atoms with E-state index < -0.39 is 0 Å². The Bertz CT molecular complexity index is 763. The maximum Gasteiger partial charge on any atom is 0.226 e. The van der Waals surface area contributed by atoms with Gasteiger partial charge >= 0.3 is 0 Å². The van der Waals surface area contributed by atoms with Crippen molar-refractivity contribution in [3.63, 3.8) is 0 Å². The van der Waals surface area contributed by atoms with E-state index in [1.165, 1.54) is 0 Å². The van der Waals surface area contributed by atoms with Crippen molar-refractivity contribution in [2.75, 3.05) is 13.2 Å². The van der Waals surface area contributed by atoms with E-state index in [1.807, 2.05) is 29.6 Å². The molecular weight excluding hydrogens is 328 g/mol. The van der Waals surface area contributed by atoms with Gasteiger partial charge in [0.05, 0.1) is 31.8 Å². The number of pyridine rings is 1. The predicted octanol–water partition coefficient (Wildman–Crippen LogP) is 2.42. The number of carbonyl (C=O) groups excluding carboxylic acids is 1. The summed E-state index contributed by atoms with van der Waals surface area (Å²) in [5.41, 5.74) is 2.21. The molecule has 2 aromatic rings. The summed E-state index contributed by atoms with van der Waals surface area (Å²) in [7, 11) is 0. The normalized spacial score (nSPS) is 20.2. The van der Waals surface area contributed by atoms with Crippen LogP contribution in [0.4, 0.5) is 0 Å². The molecule has 1 aliphatic carbocycles. The number of hydrogen-bond donors (Lipinski definition) is 0. The van der Waals surface area contributed by atoms with Gasteiger partial charge in [0.15, 0.2) is 0 Å². The molecule has 0 bridgehead atoms. The first kappa shape index (κ1) is 17.0. The largest absolute Gasteiger partial charge is 0.376 e. The number of carbonyl (C=O) groups is 1. The number of aromatic nitrogens is 3. The lowest BCUT2D eigenvalue weighted by atomic mass is 10.0. The molecule has 0 N–H and O–H groups in total. The first-order chi connectivity index (χ1) is 12.8. The van der Waals surface area contributed by atoms with Crippen LogP contribution in [-0.2, 0) is 29.2 Å². The van der Waals surface area contributed by atoms with E-state index in [4.69, 9.17) is 4.74 Å². The molecule has 1 aliphatic heterocycles. The predicted molar refractivity (Wildman–Crippen MR) is 96.9 cm³/mol. The average molecular weight is 352 g/mol. The third kappa shape index (κ3) is 3.85. The Labute approximate surface area is 153 Å². The summed E-state index contributed by atoms with van der Waals surface area (Å²) in [5.74, 6) is 0.609. The molecule has 2 aliphatic rings. The van der Waals surface area contributed by atoms with Gasteiger partial charge in [0.2, 0.25) is 5.91 Å². The maximum absolute atomic E-state index is 12.9. The number of hydrogen-bond acceptors (Lipinski definition) is 4. The van der Waals surface area contributed by atoms with Crippen molar-refractivity contribution in [3.8, 4) is 0 Å². The van der Waals surface area contributed by atoms with E-state index in [9.17, 15) is 4.79 Å². The lowest BCUT2D eigenvalue weighted by Gasteiger charge is -2.26. The van der Waals surface area contributed by atoms with Crippen LogP contribution >= 0.6 is 0 Å². The molecule has 6 heteroatoms. The van der Waals surface area contributed by atoms with Gasteiger partial charge in [0, 0.05) is 43.5 Å². The Hall–Kier alpha value is -2.47. The molecule has 0 saturated heterocycles. The highest BCUT2D eigenvalue weighted by molar-refractivity contribution is 5.79.